The molecular weight excluding hydrogens is 446 g/mol. The molecule has 0 aliphatic carbocycles. The molecule has 1 atom stereocenters. The Morgan fingerprint density at radius 3 is 2.60 bits per heavy atom. The molecule has 1 spiro atoms. The number of benzene rings is 1. The highest BCUT2D eigenvalue weighted by Crippen LogP contribution is 2.40. The van der Waals surface area contributed by atoms with Gasteiger partial charge in [0.05, 0.1) is 19.2 Å². The van der Waals surface area contributed by atoms with Gasteiger partial charge in [-0.2, -0.15) is 0 Å². The van der Waals surface area contributed by atoms with Gasteiger partial charge in [-0.1, -0.05) is 12.1 Å². The number of rotatable bonds is 5. The Hall–Kier alpha value is -3.72. The van der Waals surface area contributed by atoms with Crippen LogP contribution in [0.3, 0.4) is 0 Å². The van der Waals surface area contributed by atoms with Crippen LogP contribution in [0.1, 0.15) is 40.3 Å². The molecule has 1 fully saturated rings. The number of methoxy groups -OCH3 is 1. The summed E-state index contributed by atoms with van der Waals surface area (Å²) in [6.45, 7) is 3.73. The van der Waals surface area contributed by atoms with Gasteiger partial charge in [0.15, 0.2) is 6.10 Å². The molecule has 182 valence electrons. The molecule has 9 nitrogen and oxygen atoms in total. The number of aromatic nitrogens is 3. The largest absolute Gasteiger partial charge is 0.497 e. The van der Waals surface area contributed by atoms with Crippen LogP contribution in [0.15, 0.2) is 55.0 Å². The molecule has 1 aromatic carbocycles. The van der Waals surface area contributed by atoms with Crippen LogP contribution in [-0.2, 0) is 28.2 Å². The van der Waals surface area contributed by atoms with Crippen molar-refractivity contribution in [2.45, 2.75) is 44.6 Å². The van der Waals surface area contributed by atoms with Gasteiger partial charge in [-0.15, -0.1) is 0 Å². The number of pyridine rings is 1. The number of ether oxygens (including phenoxy) is 2. The van der Waals surface area contributed by atoms with Crippen LogP contribution >= 0.6 is 0 Å². The van der Waals surface area contributed by atoms with E-state index in [2.05, 4.69) is 15.3 Å². The Bertz CT molecular complexity index is 1200. The van der Waals surface area contributed by atoms with E-state index in [1.165, 1.54) is 0 Å². The summed E-state index contributed by atoms with van der Waals surface area (Å²) in [5, 5.41) is 2.99. The van der Waals surface area contributed by atoms with Crippen LogP contribution in [0.2, 0.25) is 0 Å². The predicted molar refractivity (Wildman–Crippen MR) is 128 cm³/mol. The van der Waals surface area contributed by atoms with Crippen LogP contribution in [0.25, 0.3) is 0 Å². The lowest BCUT2D eigenvalue weighted by Crippen LogP contribution is -2.54. The minimum atomic E-state index is -0.702. The van der Waals surface area contributed by atoms with Gasteiger partial charge in [0.25, 0.3) is 11.8 Å². The second-order valence-electron chi connectivity index (χ2n) is 9.05. The van der Waals surface area contributed by atoms with Gasteiger partial charge in [0, 0.05) is 56.8 Å². The van der Waals surface area contributed by atoms with Gasteiger partial charge in [-0.25, -0.2) is 4.98 Å². The number of fused-ring (bicyclic) bond motifs is 2. The van der Waals surface area contributed by atoms with Crippen molar-refractivity contribution >= 4 is 11.8 Å². The maximum atomic E-state index is 13.1. The van der Waals surface area contributed by atoms with E-state index in [9.17, 15) is 9.59 Å². The second-order valence-corrected chi connectivity index (χ2v) is 9.05. The number of nitrogens with one attached hydrogen (secondary N) is 1. The Balaban J connectivity index is 1.26. The van der Waals surface area contributed by atoms with Gasteiger partial charge in [0.2, 0.25) is 0 Å². The summed E-state index contributed by atoms with van der Waals surface area (Å²) in [6, 6.07) is 11.2. The van der Waals surface area contributed by atoms with Gasteiger partial charge < -0.3 is 24.3 Å². The van der Waals surface area contributed by atoms with Crippen LogP contribution in [0, 0.1) is 6.92 Å². The molecule has 0 radical (unpaired) electrons. The molecule has 3 aromatic rings. The van der Waals surface area contributed by atoms with Crippen LogP contribution in [0.4, 0.5) is 0 Å². The maximum absolute atomic E-state index is 13.1. The fourth-order valence-corrected chi connectivity index (χ4v) is 4.77. The van der Waals surface area contributed by atoms with Crippen molar-refractivity contribution in [2.24, 2.45) is 0 Å². The monoisotopic (exact) mass is 475 g/mol. The molecule has 1 saturated heterocycles. The third kappa shape index (κ3) is 4.64. The zero-order valence-corrected chi connectivity index (χ0v) is 19.9. The molecular formula is C26H29N5O4. The summed E-state index contributed by atoms with van der Waals surface area (Å²) in [7, 11) is 1.62. The number of nitrogens with zero attached hydrogens (tertiary/aromatic N) is 4. The van der Waals surface area contributed by atoms with Crippen molar-refractivity contribution in [2.75, 3.05) is 20.2 Å². The van der Waals surface area contributed by atoms with Crippen molar-refractivity contribution < 1.29 is 19.1 Å². The summed E-state index contributed by atoms with van der Waals surface area (Å²) < 4.78 is 13.7. The molecule has 2 aromatic heterocycles. The molecule has 1 unspecified atom stereocenters. The number of carbonyl (C=O) groups excluding carboxylic acids is 2. The van der Waals surface area contributed by atoms with Crippen molar-refractivity contribution in [1.82, 2.24) is 24.8 Å². The number of hydrogen-bond donors (Lipinski definition) is 1. The van der Waals surface area contributed by atoms with E-state index in [1.807, 2.05) is 59.0 Å². The molecule has 2 aliphatic rings. The van der Waals surface area contributed by atoms with Crippen molar-refractivity contribution in [3.05, 3.63) is 77.6 Å². The summed E-state index contributed by atoms with van der Waals surface area (Å²) in [5.41, 5.74) is 1.73. The van der Waals surface area contributed by atoms with Crippen LogP contribution < -0.4 is 10.1 Å². The first-order valence-corrected chi connectivity index (χ1v) is 11.8. The highest BCUT2D eigenvalue weighted by Gasteiger charge is 2.47. The topological polar surface area (TPSA) is 98.6 Å². The van der Waals surface area contributed by atoms with E-state index in [1.54, 1.807) is 19.5 Å². The standard InChI is InChI=1S/C26H29N5O4/c1-18-3-6-20(16-28-18)24(33)30-12-9-26(10-13-30)25-27-11-14-31(25)17-22(35-26)23(32)29-15-19-4-7-21(34-2)8-5-19/h3-8,11,14,16,22H,9-10,12-13,15,17H2,1-2H3,(H,29,32). The lowest BCUT2D eigenvalue weighted by Gasteiger charge is -2.45. The normalized spacial score (nSPS) is 18.7. The Morgan fingerprint density at radius 1 is 1.14 bits per heavy atom. The maximum Gasteiger partial charge on any atom is 0.255 e. The second kappa shape index (κ2) is 9.50. The lowest BCUT2D eigenvalue weighted by molar-refractivity contribution is -0.172. The van der Waals surface area contributed by atoms with Crippen LogP contribution in [0.5, 0.6) is 5.75 Å². The number of amides is 2. The summed E-state index contributed by atoms with van der Waals surface area (Å²) in [6.07, 6.45) is 5.74. The number of aryl methyl sites for hydroxylation is 1. The Labute approximate surface area is 204 Å². The number of piperidine rings is 1. The van der Waals surface area contributed by atoms with E-state index in [0.717, 1.165) is 22.8 Å². The van der Waals surface area contributed by atoms with Gasteiger partial charge in [-0.05, 0) is 36.8 Å². The molecule has 2 aliphatic heterocycles. The molecule has 4 heterocycles. The summed E-state index contributed by atoms with van der Waals surface area (Å²) in [5.74, 6) is 1.39. The fourth-order valence-electron chi connectivity index (χ4n) is 4.77. The number of hydrogen-bond acceptors (Lipinski definition) is 6. The highest BCUT2D eigenvalue weighted by atomic mass is 16.5. The summed E-state index contributed by atoms with van der Waals surface area (Å²) in [4.78, 5) is 36.7. The summed E-state index contributed by atoms with van der Waals surface area (Å²) >= 11 is 0. The first kappa shape index (κ1) is 23.0. The van der Waals surface area contributed by atoms with Crippen LogP contribution in [-0.4, -0.2) is 57.6 Å². The quantitative estimate of drug-likeness (QED) is 0.609. The average molecular weight is 476 g/mol. The zero-order chi connectivity index (χ0) is 24.4. The van der Waals surface area contributed by atoms with E-state index in [4.69, 9.17) is 9.47 Å². The number of imidazole rings is 1. The third-order valence-corrected chi connectivity index (χ3v) is 6.79. The zero-order valence-electron chi connectivity index (χ0n) is 19.9. The first-order chi connectivity index (χ1) is 17.0. The Kier molecular flexibility index (Phi) is 6.25. The molecule has 0 bridgehead atoms. The minimum absolute atomic E-state index is 0.0414. The van der Waals surface area contributed by atoms with Crippen molar-refractivity contribution in [3.63, 3.8) is 0 Å². The lowest BCUT2D eigenvalue weighted by atomic mass is 9.88. The van der Waals surface area contributed by atoms with Gasteiger partial charge >= 0.3 is 0 Å². The van der Waals surface area contributed by atoms with Gasteiger partial charge in [0.1, 0.15) is 17.2 Å². The average Bonchev–Trinajstić information content (AvgIpc) is 3.38. The SMILES string of the molecule is COc1ccc(CNC(=O)C2Cn3ccnc3C3(CCN(C(=O)c4ccc(C)nc4)CC3)O2)cc1. The first-order valence-electron chi connectivity index (χ1n) is 11.8. The van der Waals surface area contributed by atoms with E-state index in [-0.39, 0.29) is 11.8 Å². The van der Waals surface area contributed by atoms with Crippen molar-refractivity contribution in [3.8, 4) is 5.75 Å². The van der Waals surface area contributed by atoms with Gasteiger partial charge in [-0.3, -0.25) is 14.6 Å². The number of carbonyl (C=O) groups is 2. The molecule has 5 rings (SSSR count). The Morgan fingerprint density at radius 2 is 1.91 bits per heavy atom. The predicted octanol–water partition coefficient (Wildman–Crippen LogP) is 2.44. The molecule has 0 saturated carbocycles. The van der Waals surface area contributed by atoms with E-state index in [0.29, 0.717) is 44.6 Å². The van der Waals surface area contributed by atoms with Crippen molar-refractivity contribution in [1.29, 1.82) is 0 Å². The number of likely N-dealkylation sites (tertiary alicyclic amines) is 1. The van der Waals surface area contributed by atoms with E-state index < -0.39 is 11.7 Å². The minimum Gasteiger partial charge on any atom is -0.497 e. The highest BCUT2D eigenvalue weighted by molar-refractivity contribution is 5.94. The van der Waals surface area contributed by atoms with E-state index >= 15 is 0 Å². The smallest absolute Gasteiger partial charge is 0.255 e. The molecule has 1 N–H and O–H groups in total. The molecule has 2 amide bonds. The fraction of sp³-hybridized carbons (Fsp3) is 0.385. The third-order valence-electron chi connectivity index (χ3n) is 6.79. The molecule has 9 heteroatoms. The molecule has 35 heavy (non-hydrogen) atoms.